The minimum Gasteiger partial charge on any atom is -0.364 e. The predicted octanol–water partition coefficient (Wildman–Crippen LogP) is 2.02. The summed E-state index contributed by atoms with van der Waals surface area (Å²) in [6.45, 7) is 5.47. The maximum Gasteiger partial charge on any atom is 0.272 e. The summed E-state index contributed by atoms with van der Waals surface area (Å²) in [5, 5.41) is 2.41. The van der Waals surface area contributed by atoms with Gasteiger partial charge in [-0.3, -0.25) is 9.69 Å². The number of nitrogens with zero attached hydrogens (tertiary/aromatic N) is 4. The van der Waals surface area contributed by atoms with Crippen molar-refractivity contribution in [1.29, 1.82) is 0 Å². The van der Waals surface area contributed by atoms with Gasteiger partial charge in [-0.25, -0.2) is 19.1 Å². The molecule has 1 saturated carbocycles. The topological polar surface area (TPSA) is 85.4 Å². The fourth-order valence-electron chi connectivity index (χ4n) is 3.87. The summed E-state index contributed by atoms with van der Waals surface area (Å²) in [6.07, 6.45) is 4.47. The van der Waals surface area contributed by atoms with Crippen LogP contribution in [0.3, 0.4) is 0 Å². The van der Waals surface area contributed by atoms with Gasteiger partial charge in [0.25, 0.3) is 5.91 Å². The molecule has 1 amide bonds. The third-order valence-corrected chi connectivity index (χ3v) is 6.15. The number of hydrogen-bond donors (Lipinski definition) is 3. The SMILES string of the molecule is CCNSNc1cc(CN2CCN(c3cnc(C(=O)NC)c(F)c3)C3CC32)ccn1. The lowest BCUT2D eigenvalue weighted by atomic mass is 10.2. The lowest BCUT2D eigenvalue weighted by Crippen LogP contribution is -2.46. The molecule has 3 heterocycles. The van der Waals surface area contributed by atoms with Gasteiger partial charge in [0.1, 0.15) is 5.82 Å². The van der Waals surface area contributed by atoms with Crippen molar-refractivity contribution in [3.8, 4) is 0 Å². The van der Waals surface area contributed by atoms with E-state index in [2.05, 4.69) is 40.6 Å². The number of rotatable bonds is 8. The molecule has 2 fully saturated rings. The van der Waals surface area contributed by atoms with Crippen LogP contribution in [0.4, 0.5) is 15.9 Å². The Morgan fingerprint density at radius 1 is 1.30 bits per heavy atom. The molecule has 0 aromatic carbocycles. The van der Waals surface area contributed by atoms with Crippen molar-refractivity contribution in [3.63, 3.8) is 0 Å². The van der Waals surface area contributed by atoms with Gasteiger partial charge in [-0.15, -0.1) is 0 Å². The lowest BCUT2D eigenvalue weighted by molar-refractivity contribution is 0.0953. The van der Waals surface area contributed by atoms with Crippen LogP contribution in [-0.2, 0) is 6.54 Å². The Morgan fingerprint density at radius 3 is 2.93 bits per heavy atom. The van der Waals surface area contributed by atoms with Gasteiger partial charge in [0.05, 0.1) is 11.9 Å². The summed E-state index contributed by atoms with van der Waals surface area (Å²) in [4.78, 5) is 24.7. The third-order valence-electron chi connectivity index (χ3n) is 5.40. The highest BCUT2D eigenvalue weighted by Crippen LogP contribution is 2.40. The van der Waals surface area contributed by atoms with E-state index < -0.39 is 11.7 Å². The quantitative estimate of drug-likeness (QED) is 0.433. The van der Waals surface area contributed by atoms with Crippen molar-refractivity contribution in [2.24, 2.45) is 0 Å². The van der Waals surface area contributed by atoms with Crippen LogP contribution >= 0.6 is 12.1 Å². The number of hydrogen-bond acceptors (Lipinski definition) is 8. The van der Waals surface area contributed by atoms with Crippen LogP contribution in [0.5, 0.6) is 0 Å². The Labute approximate surface area is 179 Å². The van der Waals surface area contributed by atoms with Crippen molar-refractivity contribution in [3.05, 3.63) is 47.7 Å². The summed E-state index contributed by atoms with van der Waals surface area (Å²) < 4.78 is 20.7. The summed E-state index contributed by atoms with van der Waals surface area (Å²) in [7, 11) is 1.47. The van der Waals surface area contributed by atoms with Gasteiger partial charge in [-0.2, -0.15) is 0 Å². The second kappa shape index (κ2) is 9.15. The number of anilines is 2. The first-order valence-electron chi connectivity index (χ1n) is 10.1. The molecule has 0 spiro atoms. The van der Waals surface area contributed by atoms with E-state index in [0.717, 1.165) is 44.1 Å². The molecule has 2 aromatic heterocycles. The van der Waals surface area contributed by atoms with E-state index in [-0.39, 0.29) is 5.69 Å². The second-order valence-electron chi connectivity index (χ2n) is 7.39. The average Bonchev–Trinajstić information content (AvgIpc) is 3.55. The molecule has 2 atom stereocenters. The Morgan fingerprint density at radius 2 is 2.17 bits per heavy atom. The van der Waals surface area contributed by atoms with Gasteiger partial charge in [-0.1, -0.05) is 6.92 Å². The lowest BCUT2D eigenvalue weighted by Gasteiger charge is -2.35. The first-order chi connectivity index (χ1) is 14.6. The minimum absolute atomic E-state index is 0.165. The smallest absolute Gasteiger partial charge is 0.272 e. The molecule has 0 radical (unpaired) electrons. The van der Waals surface area contributed by atoms with Crippen molar-refractivity contribution >= 4 is 29.5 Å². The van der Waals surface area contributed by atoms with Crippen LogP contribution in [0.1, 0.15) is 29.4 Å². The summed E-state index contributed by atoms with van der Waals surface area (Å²) in [5.74, 6) is -0.260. The Bertz CT molecular complexity index is 914. The van der Waals surface area contributed by atoms with Gasteiger partial charge in [0.15, 0.2) is 11.5 Å². The maximum absolute atomic E-state index is 14.3. The van der Waals surface area contributed by atoms with Crippen LogP contribution in [0, 0.1) is 5.82 Å². The number of pyridine rings is 2. The molecule has 3 N–H and O–H groups in total. The Hall–Kier alpha value is -2.43. The van der Waals surface area contributed by atoms with Crippen LogP contribution in [0.2, 0.25) is 0 Å². The zero-order valence-corrected chi connectivity index (χ0v) is 17.9. The standard InChI is InChI=1S/C20H26FN7OS/c1-3-25-30-26-18-8-13(4-5-23-18)12-27-6-7-28(17-10-16(17)27)14-9-15(21)19(24-11-14)20(29)22-2/h4-5,8-9,11,16-17,25H,3,6-7,10,12H2,1-2H3,(H,22,29)(H,23,26). The van der Waals surface area contributed by atoms with Crippen LogP contribution in [-0.4, -0.2) is 59.5 Å². The molecular weight excluding hydrogens is 405 g/mol. The van der Waals surface area contributed by atoms with Gasteiger partial charge < -0.3 is 14.9 Å². The van der Waals surface area contributed by atoms with Crippen molar-refractivity contribution < 1.29 is 9.18 Å². The maximum atomic E-state index is 14.3. The molecule has 10 heteroatoms. The molecule has 8 nitrogen and oxygen atoms in total. The molecular formula is C20H26FN7OS. The van der Waals surface area contributed by atoms with E-state index in [0.29, 0.717) is 12.1 Å². The monoisotopic (exact) mass is 431 g/mol. The molecule has 2 unspecified atom stereocenters. The second-order valence-corrected chi connectivity index (χ2v) is 8.09. The zero-order chi connectivity index (χ0) is 21.1. The van der Waals surface area contributed by atoms with Gasteiger partial charge in [-0.05, 0) is 24.1 Å². The summed E-state index contributed by atoms with van der Waals surface area (Å²) >= 11 is 1.43. The van der Waals surface area contributed by atoms with Crippen molar-refractivity contribution in [2.75, 3.05) is 36.3 Å². The fourth-order valence-corrected chi connectivity index (χ4v) is 4.31. The van der Waals surface area contributed by atoms with E-state index >= 15 is 0 Å². The van der Waals surface area contributed by atoms with E-state index in [1.165, 1.54) is 30.8 Å². The highest BCUT2D eigenvalue weighted by atomic mass is 32.2. The van der Waals surface area contributed by atoms with Crippen LogP contribution < -0.4 is 19.7 Å². The minimum atomic E-state index is -0.585. The molecule has 1 aliphatic heterocycles. The van der Waals surface area contributed by atoms with E-state index in [9.17, 15) is 9.18 Å². The molecule has 0 bridgehead atoms. The van der Waals surface area contributed by atoms with Crippen molar-refractivity contribution in [1.82, 2.24) is 24.9 Å². The summed E-state index contributed by atoms with van der Waals surface area (Å²) in [5.41, 5.74) is 1.79. The number of halogens is 1. The van der Waals surface area contributed by atoms with Gasteiger partial charge in [0.2, 0.25) is 0 Å². The zero-order valence-electron chi connectivity index (χ0n) is 17.1. The first-order valence-corrected chi connectivity index (χ1v) is 10.9. The predicted molar refractivity (Wildman–Crippen MR) is 117 cm³/mol. The fraction of sp³-hybridized carbons (Fsp3) is 0.450. The normalized spacial score (nSPS) is 20.6. The number of piperazine rings is 1. The molecule has 30 heavy (non-hydrogen) atoms. The van der Waals surface area contributed by atoms with Crippen LogP contribution in [0.25, 0.3) is 0 Å². The Kier molecular flexibility index (Phi) is 6.35. The highest BCUT2D eigenvalue weighted by molar-refractivity contribution is 7.98. The molecule has 1 aliphatic carbocycles. The third kappa shape index (κ3) is 4.50. The Balaban J connectivity index is 1.37. The van der Waals surface area contributed by atoms with Gasteiger partial charge in [0, 0.05) is 69.7 Å². The molecule has 2 aromatic rings. The number of nitrogens with one attached hydrogen (secondary N) is 3. The number of fused-ring (bicyclic) bond motifs is 1. The average molecular weight is 432 g/mol. The number of carbonyl (C=O) groups is 1. The summed E-state index contributed by atoms with van der Waals surface area (Å²) in [6, 6.07) is 6.34. The van der Waals surface area contributed by atoms with Gasteiger partial charge >= 0.3 is 0 Å². The molecule has 4 rings (SSSR count). The molecule has 2 aliphatic rings. The van der Waals surface area contributed by atoms with E-state index in [4.69, 9.17) is 0 Å². The van der Waals surface area contributed by atoms with E-state index in [1.54, 1.807) is 6.20 Å². The van der Waals surface area contributed by atoms with Crippen LogP contribution in [0.15, 0.2) is 30.6 Å². The van der Waals surface area contributed by atoms with E-state index in [1.807, 2.05) is 19.2 Å². The molecule has 160 valence electrons. The van der Waals surface area contributed by atoms with Crippen molar-refractivity contribution in [2.45, 2.75) is 32.0 Å². The number of carbonyl (C=O) groups excluding carboxylic acids is 1. The highest BCUT2D eigenvalue weighted by Gasteiger charge is 2.49. The number of aromatic nitrogens is 2. The molecule has 1 saturated heterocycles. The number of amides is 1. The largest absolute Gasteiger partial charge is 0.364 e. The first kappa shape index (κ1) is 20.8.